The van der Waals surface area contributed by atoms with Crippen LogP contribution in [-0.2, 0) is 0 Å². The normalized spacial score (nSPS) is 10.7. The van der Waals surface area contributed by atoms with E-state index >= 15 is 0 Å². The molecule has 2 aromatic rings. The number of hydrazone groups is 1. The molecule has 7 heteroatoms. The predicted octanol–water partition coefficient (Wildman–Crippen LogP) is 4.39. The molecule has 0 amide bonds. The Morgan fingerprint density at radius 1 is 1.24 bits per heavy atom. The van der Waals surface area contributed by atoms with Crippen LogP contribution >= 0.6 is 15.9 Å². The lowest BCUT2D eigenvalue weighted by molar-refractivity contribution is 0.0698. The maximum absolute atomic E-state index is 11.2. The van der Waals surface area contributed by atoms with Gasteiger partial charge >= 0.3 is 5.97 Å². The third kappa shape index (κ3) is 4.96. The molecule has 0 aliphatic carbocycles. The largest absolute Gasteiger partial charge is 0.490 e. The van der Waals surface area contributed by atoms with Crippen molar-refractivity contribution >= 4 is 33.8 Å². The van der Waals surface area contributed by atoms with E-state index in [-0.39, 0.29) is 5.56 Å². The molecule has 0 heterocycles. The number of carboxylic acids is 1. The fraction of sp³-hybridized carbons (Fsp3) is 0.222. The summed E-state index contributed by atoms with van der Waals surface area (Å²) in [6.07, 6.45) is 1.58. The number of anilines is 1. The summed E-state index contributed by atoms with van der Waals surface area (Å²) < 4.78 is 12.0. The van der Waals surface area contributed by atoms with Crippen molar-refractivity contribution in [3.63, 3.8) is 0 Å². The lowest BCUT2D eigenvalue weighted by Crippen LogP contribution is -2.02. The molecule has 0 saturated carbocycles. The minimum Gasteiger partial charge on any atom is -0.490 e. The molecular formula is C18H19BrN2O4. The Bertz CT molecular complexity index is 778. The van der Waals surface area contributed by atoms with Crippen molar-refractivity contribution < 1.29 is 19.4 Å². The number of halogens is 1. The van der Waals surface area contributed by atoms with Gasteiger partial charge in [-0.3, -0.25) is 5.43 Å². The number of hydrogen-bond acceptors (Lipinski definition) is 5. The molecule has 2 N–H and O–H groups in total. The van der Waals surface area contributed by atoms with Gasteiger partial charge in [0.25, 0.3) is 0 Å². The van der Waals surface area contributed by atoms with Crippen molar-refractivity contribution in [2.24, 2.45) is 5.10 Å². The van der Waals surface area contributed by atoms with Crippen LogP contribution in [0.1, 0.15) is 29.8 Å². The minimum absolute atomic E-state index is 0.155. The van der Waals surface area contributed by atoms with Crippen LogP contribution in [0.15, 0.2) is 46.0 Å². The van der Waals surface area contributed by atoms with Crippen molar-refractivity contribution in [1.82, 2.24) is 0 Å². The van der Waals surface area contributed by atoms with Crippen LogP contribution in [0.5, 0.6) is 11.5 Å². The fourth-order valence-electron chi connectivity index (χ4n) is 2.15. The highest BCUT2D eigenvalue weighted by molar-refractivity contribution is 9.10. The Balaban J connectivity index is 2.22. The van der Waals surface area contributed by atoms with Crippen molar-refractivity contribution in [2.45, 2.75) is 13.8 Å². The topological polar surface area (TPSA) is 80.2 Å². The number of nitrogens with zero attached hydrogens (tertiary/aromatic N) is 1. The van der Waals surface area contributed by atoms with Crippen LogP contribution in [0, 0.1) is 0 Å². The van der Waals surface area contributed by atoms with Gasteiger partial charge in [-0.1, -0.05) is 12.1 Å². The van der Waals surface area contributed by atoms with Crippen LogP contribution in [0.4, 0.5) is 5.69 Å². The van der Waals surface area contributed by atoms with Crippen molar-refractivity contribution in [3.8, 4) is 11.5 Å². The van der Waals surface area contributed by atoms with Crippen LogP contribution in [0.25, 0.3) is 0 Å². The maximum Gasteiger partial charge on any atom is 0.337 e. The molecule has 0 atom stereocenters. The molecule has 132 valence electrons. The SMILES string of the molecule is CCOc1cc(C=NNc2ccccc2C(=O)O)cc(Br)c1OCC. The van der Waals surface area contributed by atoms with E-state index in [1.54, 1.807) is 24.4 Å². The number of aromatic carboxylic acids is 1. The van der Waals surface area contributed by atoms with E-state index in [0.29, 0.717) is 30.4 Å². The molecule has 2 aromatic carbocycles. The van der Waals surface area contributed by atoms with Crippen molar-refractivity contribution in [2.75, 3.05) is 18.6 Å². The first-order valence-electron chi connectivity index (χ1n) is 7.77. The van der Waals surface area contributed by atoms with E-state index in [9.17, 15) is 4.79 Å². The number of ether oxygens (including phenoxy) is 2. The third-order valence-corrected chi connectivity index (χ3v) is 3.77. The van der Waals surface area contributed by atoms with E-state index in [1.807, 2.05) is 26.0 Å². The molecule has 2 rings (SSSR count). The second-order valence-corrected chi connectivity index (χ2v) is 5.77. The Hall–Kier alpha value is -2.54. The Morgan fingerprint density at radius 2 is 1.96 bits per heavy atom. The molecule has 6 nitrogen and oxygen atoms in total. The average Bonchev–Trinajstić information content (AvgIpc) is 2.58. The molecule has 0 fully saturated rings. The lowest BCUT2D eigenvalue weighted by Gasteiger charge is -2.13. The van der Waals surface area contributed by atoms with E-state index in [2.05, 4.69) is 26.5 Å². The van der Waals surface area contributed by atoms with E-state index in [0.717, 1.165) is 10.0 Å². The first-order valence-corrected chi connectivity index (χ1v) is 8.56. The van der Waals surface area contributed by atoms with Gasteiger partial charge in [-0.2, -0.15) is 5.10 Å². The standard InChI is InChI=1S/C18H19BrN2O4/c1-3-24-16-10-12(9-14(19)17(16)25-4-2)11-20-21-15-8-6-5-7-13(15)18(22)23/h5-11,21H,3-4H2,1-2H3,(H,22,23). The van der Waals surface area contributed by atoms with Gasteiger partial charge in [0.05, 0.1) is 35.2 Å². The molecule has 0 bridgehead atoms. The number of benzene rings is 2. The van der Waals surface area contributed by atoms with Gasteiger partial charge in [0.1, 0.15) is 0 Å². The number of carbonyl (C=O) groups is 1. The van der Waals surface area contributed by atoms with E-state index in [4.69, 9.17) is 14.6 Å². The minimum atomic E-state index is -1.01. The van der Waals surface area contributed by atoms with Crippen molar-refractivity contribution in [1.29, 1.82) is 0 Å². The average molecular weight is 407 g/mol. The predicted molar refractivity (Wildman–Crippen MR) is 101 cm³/mol. The molecule has 0 spiro atoms. The van der Waals surface area contributed by atoms with Gasteiger partial charge in [-0.05, 0) is 59.6 Å². The van der Waals surface area contributed by atoms with Gasteiger partial charge in [-0.25, -0.2) is 4.79 Å². The summed E-state index contributed by atoms with van der Waals surface area (Å²) in [5.41, 5.74) is 4.10. The molecule has 0 aromatic heterocycles. The summed E-state index contributed by atoms with van der Waals surface area (Å²) >= 11 is 3.47. The molecular weight excluding hydrogens is 388 g/mol. The molecule has 0 saturated heterocycles. The van der Waals surface area contributed by atoms with Crippen molar-refractivity contribution in [3.05, 3.63) is 52.0 Å². The van der Waals surface area contributed by atoms with Crippen LogP contribution in [0.2, 0.25) is 0 Å². The summed E-state index contributed by atoms with van der Waals surface area (Å²) in [6.45, 7) is 4.84. The zero-order valence-electron chi connectivity index (χ0n) is 14.0. The van der Waals surface area contributed by atoms with Gasteiger partial charge in [0.15, 0.2) is 11.5 Å². The summed E-state index contributed by atoms with van der Waals surface area (Å²) in [4.78, 5) is 11.2. The zero-order chi connectivity index (χ0) is 18.2. The number of carboxylic acid groups (broad SMARTS) is 1. The fourth-order valence-corrected chi connectivity index (χ4v) is 2.73. The summed E-state index contributed by atoms with van der Waals surface area (Å²) in [6, 6.07) is 10.2. The van der Waals surface area contributed by atoms with Gasteiger partial charge < -0.3 is 14.6 Å². The number of rotatable bonds is 8. The summed E-state index contributed by atoms with van der Waals surface area (Å²) in [7, 11) is 0. The Kier molecular flexibility index (Phi) is 6.82. The van der Waals surface area contributed by atoms with Gasteiger partial charge in [0.2, 0.25) is 0 Å². The highest BCUT2D eigenvalue weighted by atomic mass is 79.9. The van der Waals surface area contributed by atoms with Gasteiger partial charge in [-0.15, -0.1) is 0 Å². The van der Waals surface area contributed by atoms with Crippen LogP contribution < -0.4 is 14.9 Å². The van der Waals surface area contributed by atoms with E-state index in [1.165, 1.54) is 6.07 Å². The zero-order valence-corrected chi connectivity index (χ0v) is 15.5. The number of hydrogen-bond donors (Lipinski definition) is 2. The Labute approximate surface area is 154 Å². The summed E-state index contributed by atoms with van der Waals surface area (Å²) in [5, 5.41) is 13.3. The first-order chi connectivity index (χ1) is 12.1. The third-order valence-electron chi connectivity index (χ3n) is 3.18. The molecule has 25 heavy (non-hydrogen) atoms. The molecule has 0 radical (unpaired) electrons. The molecule has 0 aliphatic rings. The van der Waals surface area contributed by atoms with E-state index < -0.39 is 5.97 Å². The first kappa shape index (κ1) is 18.8. The van der Waals surface area contributed by atoms with Gasteiger partial charge in [0, 0.05) is 0 Å². The Morgan fingerprint density at radius 3 is 2.64 bits per heavy atom. The molecule has 0 aliphatic heterocycles. The number of para-hydroxylation sites is 1. The second kappa shape index (κ2) is 9.08. The lowest BCUT2D eigenvalue weighted by atomic mass is 10.2. The molecule has 0 unspecified atom stereocenters. The summed E-state index contributed by atoms with van der Waals surface area (Å²) in [5.74, 6) is 0.248. The number of nitrogens with one attached hydrogen (secondary N) is 1. The quantitative estimate of drug-likeness (QED) is 0.501. The highest BCUT2D eigenvalue weighted by Crippen LogP contribution is 2.36. The monoisotopic (exact) mass is 406 g/mol. The highest BCUT2D eigenvalue weighted by Gasteiger charge is 2.11. The van der Waals surface area contributed by atoms with Crippen LogP contribution in [-0.4, -0.2) is 30.5 Å². The maximum atomic E-state index is 11.2. The smallest absolute Gasteiger partial charge is 0.337 e. The van der Waals surface area contributed by atoms with Crippen LogP contribution in [0.3, 0.4) is 0 Å². The second-order valence-electron chi connectivity index (χ2n) is 4.92.